The van der Waals surface area contributed by atoms with Crippen molar-refractivity contribution in [1.29, 1.82) is 0 Å². The fourth-order valence-corrected chi connectivity index (χ4v) is 3.62. The molecule has 0 aromatic heterocycles. The number of thiocarbonyl (C=S) groups is 1. The third-order valence-electron chi connectivity index (χ3n) is 3.75. The summed E-state index contributed by atoms with van der Waals surface area (Å²) < 4.78 is 5.74. The van der Waals surface area contributed by atoms with E-state index in [1.807, 2.05) is 61.5 Å². The second-order valence-electron chi connectivity index (χ2n) is 5.53. The van der Waals surface area contributed by atoms with Gasteiger partial charge in [0.1, 0.15) is 10.1 Å². The third kappa shape index (κ3) is 3.68. The van der Waals surface area contributed by atoms with Crippen LogP contribution in [-0.2, 0) is 11.3 Å². The van der Waals surface area contributed by atoms with Crippen molar-refractivity contribution in [3.63, 3.8) is 0 Å². The molecule has 1 fully saturated rings. The van der Waals surface area contributed by atoms with E-state index in [0.29, 0.717) is 15.8 Å². The lowest BCUT2D eigenvalue weighted by atomic mass is 10.1. The van der Waals surface area contributed by atoms with Gasteiger partial charge in [0.25, 0.3) is 5.91 Å². The second-order valence-corrected chi connectivity index (χ2v) is 7.20. The predicted molar refractivity (Wildman–Crippen MR) is 103 cm³/mol. The van der Waals surface area contributed by atoms with Crippen molar-refractivity contribution in [3.8, 4) is 5.75 Å². The topological polar surface area (TPSA) is 29.5 Å². The quantitative estimate of drug-likeness (QED) is 0.600. The minimum absolute atomic E-state index is 0.0404. The highest BCUT2D eigenvalue weighted by atomic mass is 32.2. The molecule has 0 aliphatic carbocycles. The van der Waals surface area contributed by atoms with Crippen LogP contribution in [0.1, 0.15) is 16.7 Å². The number of methoxy groups -OCH3 is 1. The van der Waals surface area contributed by atoms with Crippen LogP contribution in [0, 0.1) is 6.92 Å². The molecule has 0 atom stereocenters. The van der Waals surface area contributed by atoms with Crippen molar-refractivity contribution in [1.82, 2.24) is 4.90 Å². The van der Waals surface area contributed by atoms with Gasteiger partial charge in [0, 0.05) is 0 Å². The number of carbonyl (C=O) groups excluding carboxylic acids is 1. The van der Waals surface area contributed by atoms with Crippen LogP contribution in [0.15, 0.2) is 53.4 Å². The van der Waals surface area contributed by atoms with E-state index in [2.05, 4.69) is 0 Å². The van der Waals surface area contributed by atoms with E-state index in [-0.39, 0.29) is 5.91 Å². The standard InChI is InChI=1S/C19H17NO2S2/c1-13-3-5-15(6-4-13)12-20-18(21)17(24-19(20)23)11-14-7-9-16(22-2)10-8-14/h3-11H,12H2,1-2H3/b17-11-. The van der Waals surface area contributed by atoms with Gasteiger partial charge in [-0.1, -0.05) is 65.9 Å². The van der Waals surface area contributed by atoms with Crippen molar-refractivity contribution in [3.05, 3.63) is 70.1 Å². The van der Waals surface area contributed by atoms with Crippen LogP contribution in [0.4, 0.5) is 0 Å². The minimum Gasteiger partial charge on any atom is -0.497 e. The number of ether oxygens (including phenoxy) is 1. The van der Waals surface area contributed by atoms with E-state index in [9.17, 15) is 4.79 Å². The first kappa shape index (κ1) is 16.7. The van der Waals surface area contributed by atoms with Crippen molar-refractivity contribution in [2.24, 2.45) is 0 Å². The molecule has 1 saturated heterocycles. The Balaban J connectivity index is 1.77. The fraction of sp³-hybridized carbons (Fsp3) is 0.158. The lowest BCUT2D eigenvalue weighted by Crippen LogP contribution is -2.27. The Kier molecular flexibility index (Phi) is 5.02. The number of hydrogen-bond acceptors (Lipinski definition) is 4. The van der Waals surface area contributed by atoms with Crippen LogP contribution in [0.5, 0.6) is 5.75 Å². The molecule has 3 nitrogen and oxygen atoms in total. The Bertz CT molecular complexity index is 795. The number of hydrogen-bond donors (Lipinski definition) is 0. The van der Waals surface area contributed by atoms with Gasteiger partial charge in [0.15, 0.2) is 0 Å². The van der Waals surface area contributed by atoms with Crippen LogP contribution in [0.25, 0.3) is 6.08 Å². The Labute approximate surface area is 151 Å². The SMILES string of the molecule is COc1ccc(/C=C2\SC(=S)N(Cc3ccc(C)cc3)C2=O)cc1. The summed E-state index contributed by atoms with van der Waals surface area (Å²) in [6.45, 7) is 2.55. The average Bonchev–Trinajstić information content (AvgIpc) is 2.85. The van der Waals surface area contributed by atoms with Crippen LogP contribution in [0.3, 0.4) is 0 Å². The number of carbonyl (C=O) groups is 1. The molecule has 1 amide bonds. The number of thioether (sulfide) groups is 1. The van der Waals surface area contributed by atoms with Crippen molar-refractivity contribution >= 4 is 40.3 Å². The first-order valence-electron chi connectivity index (χ1n) is 7.52. The van der Waals surface area contributed by atoms with Gasteiger partial charge in [-0.25, -0.2) is 0 Å². The zero-order chi connectivity index (χ0) is 17.1. The number of amides is 1. The molecule has 1 aliphatic heterocycles. The molecule has 122 valence electrons. The largest absolute Gasteiger partial charge is 0.497 e. The molecule has 1 aliphatic rings. The Hall–Kier alpha value is -2.11. The zero-order valence-corrected chi connectivity index (χ0v) is 15.1. The summed E-state index contributed by atoms with van der Waals surface area (Å²) in [7, 11) is 1.63. The molecule has 0 radical (unpaired) electrons. The highest BCUT2D eigenvalue weighted by Crippen LogP contribution is 2.33. The number of nitrogens with zero attached hydrogens (tertiary/aromatic N) is 1. The van der Waals surface area contributed by atoms with Crippen LogP contribution >= 0.6 is 24.0 Å². The van der Waals surface area contributed by atoms with Gasteiger partial charge in [-0.3, -0.25) is 9.69 Å². The molecule has 1 heterocycles. The number of benzene rings is 2. The molecule has 5 heteroatoms. The van der Waals surface area contributed by atoms with Crippen molar-refractivity contribution in [2.75, 3.05) is 7.11 Å². The lowest BCUT2D eigenvalue weighted by Gasteiger charge is -2.14. The molecule has 0 unspecified atom stereocenters. The van der Waals surface area contributed by atoms with Crippen LogP contribution < -0.4 is 4.74 Å². The summed E-state index contributed by atoms with van der Waals surface area (Å²) in [6.07, 6.45) is 1.87. The summed E-state index contributed by atoms with van der Waals surface area (Å²) in [6, 6.07) is 15.7. The van der Waals surface area contributed by atoms with Gasteiger partial charge in [-0.2, -0.15) is 0 Å². The summed E-state index contributed by atoms with van der Waals surface area (Å²) in [4.78, 5) is 14.9. The van der Waals surface area contributed by atoms with E-state index in [4.69, 9.17) is 17.0 Å². The van der Waals surface area contributed by atoms with Gasteiger partial charge >= 0.3 is 0 Å². The number of rotatable bonds is 4. The molecule has 3 rings (SSSR count). The summed E-state index contributed by atoms with van der Waals surface area (Å²) in [5, 5.41) is 0. The van der Waals surface area contributed by atoms with Crippen molar-refractivity contribution in [2.45, 2.75) is 13.5 Å². The van der Waals surface area contributed by atoms with Crippen LogP contribution in [0.2, 0.25) is 0 Å². The average molecular weight is 355 g/mol. The normalized spacial score (nSPS) is 16.1. The third-order valence-corrected chi connectivity index (χ3v) is 5.13. The minimum atomic E-state index is -0.0404. The predicted octanol–water partition coefficient (Wildman–Crippen LogP) is 4.41. The second kappa shape index (κ2) is 7.20. The molecule has 0 bridgehead atoms. The van der Waals surface area contributed by atoms with E-state index in [1.54, 1.807) is 12.0 Å². The molecular weight excluding hydrogens is 338 g/mol. The Morgan fingerprint density at radius 2 is 1.79 bits per heavy atom. The monoisotopic (exact) mass is 355 g/mol. The molecule has 0 saturated carbocycles. The van der Waals surface area contributed by atoms with Crippen molar-refractivity contribution < 1.29 is 9.53 Å². The maximum absolute atomic E-state index is 12.6. The van der Waals surface area contributed by atoms with E-state index in [1.165, 1.54) is 17.3 Å². The summed E-state index contributed by atoms with van der Waals surface area (Å²) in [5.74, 6) is 0.750. The molecule has 0 spiro atoms. The smallest absolute Gasteiger partial charge is 0.266 e. The van der Waals surface area contributed by atoms with Crippen LogP contribution in [-0.4, -0.2) is 22.2 Å². The highest BCUT2D eigenvalue weighted by Gasteiger charge is 2.31. The fourth-order valence-electron chi connectivity index (χ4n) is 2.36. The first-order valence-corrected chi connectivity index (χ1v) is 8.74. The molecular formula is C19H17NO2S2. The molecule has 24 heavy (non-hydrogen) atoms. The maximum Gasteiger partial charge on any atom is 0.266 e. The van der Waals surface area contributed by atoms with Gasteiger partial charge in [-0.05, 0) is 36.3 Å². The molecule has 0 N–H and O–H groups in total. The van der Waals surface area contributed by atoms with Gasteiger partial charge in [0.2, 0.25) is 0 Å². The van der Waals surface area contributed by atoms with E-state index < -0.39 is 0 Å². The summed E-state index contributed by atoms with van der Waals surface area (Å²) >= 11 is 6.73. The lowest BCUT2D eigenvalue weighted by molar-refractivity contribution is -0.122. The van der Waals surface area contributed by atoms with Gasteiger partial charge in [0.05, 0.1) is 18.6 Å². The first-order chi connectivity index (χ1) is 11.6. The van der Waals surface area contributed by atoms with E-state index in [0.717, 1.165) is 16.9 Å². The zero-order valence-electron chi connectivity index (χ0n) is 13.5. The van der Waals surface area contributed by atoms with Gasteiger partial charge < -0.3 is 4.74 Å². The highest BCUT2D eigenvalue weighted by molar-refractivity contribution is 8.26. The van der Waals surface area contributed by atoms with Gasteiger partial charge in [-0.15, -0.1) is 0 Å². The molecule has 2 aromatic carbocycles. The van der Waals surface area contributed by atoms with E-state index >= 15 is 0 Å². The Morgan fingerprint density at radius 1 is 1.12 bits per heavy atom. The summed E-state index contributed by atoms with van der Waals surface area (Å²) in [5.41, 5.74) is 3.22. The Morgan fingerprint density at radius 3 is 2.42 bits per heavy atom. The molecule has 2 aromatic rings. The number of aryl methyl sites for hydroxylation is 1. The maximum atomic E-state index is 12.6.